The van der Waals surface area contributed by atoms with Crippen molar-refractivity contribution in [1.29, 1.82) is 0 Å². The topological polar surface area (TPSA) is 84.3 Å². The summed E-state index contributed by atoms with van der Waals surface area (Å²) in [4.78, 5) is 13.9. The van der Waals surface area contributed by atoms with Gasteiger partial charge in [-0.05, 0) is 57.2 Å². The van der Waals surface area contributed by atoms with E-state index >= 15 is 0 Å². The van der Waals surface area contributed by atoms with Crippen molar-refractivity contribution in [2.75, 3.05) is 13.1 Å². The van der Waals surface area contributed by atoms with Crippen LogP contribution < -0.4 is 5.32 Å². The molecule has 7 nitrogen and oxygen atoms in total. The fourth-order valence-corrected chi connectivity index (χ4v) is 6.63. The van der Waals surface area contributed by atoms with E-state index in [4.69, 9.17) is 0 Å². The van der Waals surface area contributed by atoms with Crippen LogP contribution in [0.2, 0.25) is 0 Å². The Kier molecular flexibility index (Phi) is 6.50. The highest BCUT2D eigenvalue weighted by atomic mass is 32.2. The third-order valence-corrected chi connectivity index (χ3v) is 8.97. The molecule has 1 N–H and O–H groups in total. The third kappa shape index (κ3) is 4.51. The van der Waals surface area contributed by atoms with Gasteiger partial charge in [0.05, 0.1) is 23.6 Å². The largest absolute Gasteiger partial charge is 0.351 e. The molecule has 3 heterocycles. The maximum atomic E-state index is 13.5. The average Bonchev–Trinajstić information content (AvgIpc) is 3.40. The number of aryl methyl sites for hydroxylation is 2. The first-order valence-corrected chi connectivity index (χ1v) is 13.0. The average molecular weight is 473 g/mol. The molecule has 170 valence electrons. The Morgan fingerprint density at radius 2 is 1.81 bits per heavy atom. The van der Waals surface area contributed by atoms with E-state index in [0.29, 0.717) is 43.9 Å². The number of sulfonamides is 1. The van der Waals surface area contributed by atoms with Crippen molar-refractivity contribution in [2.24, 2.45) is 5.92 Å². The predicted molar refractivity (Wildman–Crippen MR) is 125 cm³/mol. The lowest BCUT2D eigenvalue weighted by Crippen LogP contribution is -2.43. The van der Waals surface area contributed by atoms with E-state index in [9.17, 15) is 13.2 Å². The molecule has 2 aromatic heterocycles. The Labute approximate surface area is 193 Å². The summed E-state index contributed by atoms with van der Waals surface area (Å²) in [6, 6.07) is 11.8. The van der Waals surface area contributed by atoms with Gasteiger partial charge in [-0.3, -0.25) is 4.79 Å². The maximum absolute atomic E-state index is 13.5. The highest BCUT2D eigenvalue weighted by Crippen LogP contribution is 2.29. The number of thiophene rings is 1. The van der Waals surface area contributed by atoms with Gasteiger partial charge in [0.1, 0.15) is 4.90 Å². The molecule has 32 heavy (non-hydrogen) atoms. The van der Waals surface area contributed by atoms with Crippen molar-refractivity contribution in [3.05, 3.63) is 63.6 Å². The molecule has 0 saturated carbocycles. The van der Waals surface area contributed by atoms with Gasteiger partial charge in [-0.25, -0.2) is 13.1 Å². The van der Waals surface area contributed by atoms with Crippen LogP contribution in [-0.4, -0.2) is 41.5 Å². The zero-order valence-corrected chi connectivity index (χ0v) is 20.2. The number of carbonyl (C=O) groups excluding carboxylic acids is 1. The first-order valence-electron chi connectivity index (χ1n) is 10.7. The van der Waals surface area contributed by atoms with E-state index in [1.54, 1.807) is 29.9 Å². The molecule has 4 rings (SSSR count). The molecule has 1 saturated heterocycles. The van der Waals surface area contributed by atoms with Crippen molar-refractivity contribution in [1.82, 2.24) is 19.4 Å². The Balaban J connectivity index is 1.45. The van der Waals surface area contributed by atoms with Crippen molar-refractivity contribution >= 4 is 27.3 Å². The van der Waals surface area contributed by atoms with Crippen LogP contribution in [-0.2, 0) is 21.4 Å². The lowest BCUT2D eigenvalue weighted by molar-refractivity contribution is -0.126. The minimum absolute atomic E-state index is 0.00463. The van der Waals surface area contributed by atoms with Gasteiger partial charge >= 0.3 is 0 Å². The van der Waals surface area contributed by atoms with Gasteiger partial charge in [0.15, 0.2) is 0 Å². The van der Waals surface area contributed by atoms with Crippen LogP contribution >= 0.6 is 11.3 Å². The fraction of sp³-hybridized carbons (Fsp3) is 0.391. The van der Waals surface area contributed by atoms with Crippen molar-refractivity contribution in [2.45, 2.75) is 45.1 Å². The lowest BCUT2D eigenvalue weighted by atomic mass is 9.97. The summed E-state index contributed by atoms with van der Waals surface area (Å²) >= 11 is 1.61. The number of piperidine rings is 1. The number of benzene rings is 1. The van der Waals surface area contributed by atoms with Gasteiger partial charge in [-0.2, -0.15) is 9.40 Å². The molecule has 1 aromatic carbocycles. The first kappa shape index (κ1) is 22.7. The minimum Gasteiger partial charge on any atom is -0.351 e. The Bertz CT molecular complexity index is 1190. The van der Waals surface area contributed by atoms with Crippen LogP contribution in [0, 0.1) is 26.7 Å². The van der Waals surface area contributed by atoms with Gasteiger partial charge in [0, 0.05) is 23.9 Å². The predicted octanol–water partition coefficient (Wildman–Crippen LogP) is 3.58. The fourth-order valence-electron chi connectivity index (χ4n) is 4.16. The summed E-state index contributed by atoms with van der Waals surface area (Å²) in [5, 5.41) is 9.47. The minimum atomic E-state index is -3.70. The molecular formula is C23H28N4O3S2. The van der Waals surface area contributed by atoms with Crippen LogP contribution in [0.5, 0.6) is 0 Å². The van der Waals surface area contributed by atoms with Gasteiger partial charge in [0.2, 0.25) is 15.9 Å². The first-order chi connectivity index (χ1) is 15.3. The molecule has 9 heteroatoms. The van der Waals surface area contributed by atoms with E-state index in [0.717, 1.165) is 16.1 Å². The van der Waals surface area contributed by atoms with E-state index < -0.39 is 10.0 Å². The molecule has 0 aliphatic carbocycles. The van der Waals surface area contributed by atoms with Crippen LogP contribution in [0.3, 0.4) is 0 Å². The molecule has 1 aliphatic rings. The molecule has 0 spiro atoms. The maximum Gasteiger partial charge on any atom is 0.246 e. The molecular weight excluding hydrogens is 444 g/mol. The zero-order valence-electron chi connectivity index (χ0n) is 18.5. The second kappa shape index (κ2) is 9.17. The number of amides is 1. The summed E-state index contributed by atoms with van der Waals surface area (Å²) in [5.74, 6) is -0.172. The monoisotopic (exact) mass is 472 g/mol. The zero-order chi connectivity index (χ0) is 22.9. The van der Waals surface area contributed by atoms with Crippen LogP contribution in [0.1, 0.15) is 34.7 Å². The third-order valence-electron chi connectivity index (χ3n) is 5.94. The number of nitrogens with zero attached hydrogens (tertiary/aromatic N) is 3. The SMILES string of the molecule is Cc1ccc(-n2nc(C)c(S(=O)(=O)N3CCC(C(=O)NCc4cccs4)CC3)c2C)cc1. The summed E-state index contributed by atoms with van der Waals surface area (Å²) in [5.41, 5.74) is 3.05. The summed E-state index contributed by atoms with van der Waals surface area (Å²) in [6.07, 6.45) is 1.03. The standard InChI is InChI=1S/C23H28N4O3S2/c1-16-6-8-20(9-7-16)27-18(3)22(17(2)25-27)32(29,30)26-12-10-19(11-13-26)23(28)24-15-21-5-4-14-31-21/h4-9,14,19H,10-13,15H2,1-3H3,(H,24,28). The molecule has 1 amide bonds. The summed E-state index contributed by atoms with van der Waals surface area (Å²) < 4.78 is 30.1. The van der Waals surface area contributed by atoms with Crippen molar-refractivity contribution < 1.29 is 13.2 Å². The quantitative estimate of drug-likeness (QED) is 0.594. The smallest absolute Gasteiger partial charge is 0.246 e. The van der Waals surface area contributed by atoms with Gasteiger partial charge < -0.3 is 5.32 Å². The molecule has 0 atom stereocenters. The van der Waals surface area contributed by atoms with E-state index in [1.807, 2.05) is 48.7 Å². The number of nitrogens with one attached hydrogen (secondary N) is 1. The number of rotatable bonds is 6. The highest BCUT2D eigenvalue weighted by Gasteiger charge is 2.35. The Morgan fingerprint density at radius 3 is 2.44 bits per heavy atom. The van der Waals surface area contributed by atoms with Gasteiger partial charge in [-0.1, -0.05) is 23.8 Å². The number of aromatic nitrogens is 2. The van der Waals surface area contributed by atoms with Crippen LogP contribution in [0.15, 0.2) is 46.7 Å². The lowest BCUT2D eigenvalue weighted by Gasteiger charge is -2.30. The number of hydrogen-bond acceptors (Lipinski definition) is 5. The molecule has 0 bridgehead atoms. The van der Waals surface area contributed by atoms with Crippen LogP contribution in [0.4, 0.5) is 0 Å². The van der Waals surface area contributed by atoms with Gasteiger partial charge in [-0.15, -0.1) is 11.3 Å². The Morgan fingerprint density at radius 1 is 1.12 bits per heavy atom. The number of hydrogen-bond donors (Lipinski definition) is 1. The normalized spacial score (nSPS) is 15.7. The molecule has 1 fully saturated rings. The van der Waals surface area contributed by atoms with E-state index in [-0.39, 0.29) is 16.7 Å². The summed E-state index contributed by atoms with van der Waals surface area (Å²) in [7, 11) is -3.70. The molecule has 0 unspecified atom stereocenters. The van der Waals surface area contributed by atoms with E-state index in [1.165, 1.54) is 4.31 Å². The Hall–Kier alpha value is -2.49. The highest BCUT2D eigenvalue weighted by molar-refractivity contribution is 7.89. The second-order valence-electron chi connectivity index (χ2n) is 8.22. The molecule has 3 aromatic rings. The van der Waals surface area contributed by atoms with Crippen molar-refractivity contribution in [3.63, 3.8) is 0 Å². The summed E-state index contributed by atoms with van der Waals surface area (Å²) in [6.45, 7) is 6.70. The molecule has 1 aliphatic heterocycles. The van der Waals surface area contributed by atoms with Gasteiger partial charge in [0.25, 0.3) is 0 Å². The van der Waals surface area contributed by atoms with E-state index in [2.05, 4.69) is 10.4 Å². The second-order valence-corrected chi connectivity index (χ2v) is 11.1. The molecule has 0 radical (unpaired) electrons. The van der Waals surface area contributed by atoms with Crippen molar-refractivity contribution in [3.8, 4) is 5.69 Å². The van der Waals surface area contributed by atoms with Crippen LogP contribution in [0.25, 0.3) is 5.69 Å². The number of carbonyl (C=O) groups is 1.